The Morgan fingerprint density at radius 1 is 1.04 bits per heavy atom. The van der Waals surface area contributed by atoms with Gasteiger partial charge in [-0.05, 0) is 54.1 Å². The molecule has 2 aromatic rings. The van der Waals surface area contributed by atoms with Crippen molar-refractivity contribution in [1.29, 1.82) is 0 Å². The number of amides is 2. The number of phenolic OH excluding ortho intramolecular Hbond substituents is 2. The fraction of sp³-hybridized carbons (Fsp3) is 0.0588. The summed E-state index contributed by atoms with van der Waals surface area (Å²) >= 11 is 0.845. The molecule has 6 heteroatoms. The number of aryl methyl sites for hydroxylation is 1. The van der Waals surface area contributed by atoms with Gasteiger partial charge in [0.2, 0.25) is 0 Å². The number of thioether (sulfide) groups is 1. The minimum atomic E-state index is -0.401. The van der Waals surface area contributed by atoms with Gasteiger partial charge in [-0.15, -0.1) is 0 Å². The quantitative estimate of drug-likeness (QED) is 0.650. The molecule has 0 aromatic heterocycles. The van der Waals surface area contributed by atoms with Gasteiger partial charge in [0, 0.05) is 0 Å². The molecule has 3 rings (SSSR count). The van der Waals surface area contributed by atoms with Crippen molar-refractivity contribution in [2.75, 3.05) is 4.90 Å². The third kappa shape index (κ3) is 2.80. The molecule has 0 atom stereocenters. The molecule has 5 nitrogen and oxygen atoms in total. The molecule has 1 saturated heterocycles. The fourth-order valence-electron chi connectivity index (χ4n) is 2.27. The lowest BCUT2D eigenvalue weighted by Crippen LogP contribution is -2.28. The molecule has 1 aliphatic rings. The van der Waals surface area contributed by atoms with Crippen molar-refractivity contribution in [2.24, 2.45) is 0 Å². The molecule has 0 aliphatic carbocycles. The average Bonchev–Trinajstić information content (AvgIpc) is 2.78. The number of aromatic hydroxyl groups is 2. The Hall–Kier alpha value is -2.73. The predicted molar refractivity (Wildman–Crippen MR) is 89.4 cm³/mol. The topological polar surface area (TPSA) is 77.8 Å². The summed E-state index contributed by atoms with van der Waals surface area (Å²) in [6, 6.07) is 11.4. The Labute approximate surface area is 136 Å². The van der Waals surface area contributed by atoms with Crippen molar-refractivity contribution in [2.45, 2.75) is 6.92 Å². The summed E-state index contributed by atoms with van der Waals surface area (Å²) in [5.41, 5.74) is 1.92. The second-order valence-electron chi connectivity index (χ2n) is 5.05. The summed E-state index contributed by atoms with van der Waals surface area (Å²) in [7, 11) is 0. The molecule has 0 radical (unpaired) electrons. The Kier molecular flexibility index (Phi) is 3.83. The molecule has 116 valence electrons. The minimum absolute atomic E-state index is 0.241. The summed E-state index contributed by atoms with van der Waals surface area (Å²) in [5.74, 6) is -0.922. The van der Waals surface area contributed by atoms with Crippen molar-refractivity contribution in [1.82, 2.24) is 0 Å². The van der Waals surface area contributed by atoms with Gasteiger partial charge in [0.05, 0.1) is 10.6 Å². The van der Waals surface area contributed by atoms with Crippen molar-refractivity contribution in [3.8, 4) is 11.5 Å². The predicted octanol–water partition coefficient (Wildman–Crippen LogP) is 3.65. The highest BCUT2D eigenvalue weighted by Gasteiger charge is 2.36. The maximum absolute atomic E-state index is 12.5. The van der Waals surface area contributed by atoms with E-state index < -0.39 is 5.91 Å². The Morgan fingerprint density at radius 2 is 1.78 bits per heavy atom. The van der Waals surface area contributed by atoms with Gasteiger partial charge in [-0.2, -0.15) is 0 Å². The van der Waals surface area contributed by atoms with Crippen LogP contribution < -0.4 is 4.90 Å². The largest absolute Gasteiger partial charge is 0.504 e. The number of carbonyl (C=O) groups is 2. The van der Waals surface area contributed by atoms with Crippen molar-refractivity contribution in [3.63, 3.8) is 0 Å². The monoisotopic (exact) mass is 327 g/mol. The van der Waals surface area contributed by atoms with Crippen molar-refractivity contribution < 1.29 is 19.8 Å². The molecule has 0 spiro atoms. The van der Waals surface area contributed by atoms with E-state index in [2.05, 4.69) is 0 Å². The number of nitrogens with zero attached hydrogens (tertiary/aromatic N) is 1. The van der Waals surface area contributed by atoms with E-state index in [9.17, 15) is 19.8 Å². The van der Waals surface area contributed by atoms with E-state index in [0.717, 1.165) is 22.2 Å². The number of anilines is 1. The number of para-hydroxylation sites is 1. The van der Waals surface area contributed by atoms with E-state index in [-0.39, 0.29) is 21.6 Å². The van der Waals surface area contributed by atoms with E-state index in [0.29, 0.717) is 11.3 Å². The van der Waals surface area contributed by atoms with Crippen LogP contribution in [0.3, 0.4) is 0 Å². The molecule has 2 amide bonds. The third-order valence-electron chi connectivity index (χ3n) is 3.45. The van der Waals surface area contributed by atoms with Gasteiger partial charge in [0.25, 0.3) is 11.1 Å². The molecule has 1 aliphatic heterocycles. The number of benzene rings is 2. The lowest BCUT2D eigenvalue weighted by Gasteiger charge is -2.14. The van der Waals surface area contributed by atoms with E-state index >= 15 is 0 Å². The number of imide groups is 1. The second kappa shape index (κ2) is 5.81. The Balaban J connectivity index is 1.96. The number of rotatable bonds is 2. The molecule has 1 heterocycles. The van der Waals surface area contributed by atoms with Crippen LogP contribution in [-0.4, -0.2) is 21.4 Å². The van der Waals surface area contributed by atoms with E-state index in [1.54, 1.807) is 18.2 Å². The van der Waals surface area contributed by atoms with Gasteiger partial charge in [-0.25, -0.2) is 4.90 Å². The van der Waals surface area contributed by atoms with Gasteiger partial charge >= 0.3 is 0 Å². The molecule has 2 N–H and O–H groups in total. The fourth-order valence-corrected chi connectivity index (χ4v) is 3.11. The van der Waals surface area contributed by atoms with Gasteiger partial charge in [-0.3, -0.25) is 9.59 Å². The maximum atomic E-state index is 12.5. The van der Waals surface area contributed by atoms with Crippen LogP contribution >= 0.6 is 11.8 Å². The minimum Gasteiger partial charge on any atom is -0.504 e. The average molecular weight is 327 g/mol. The first kappa shape index (κ1) is 15.2. The standard InChI is InChI=1S/C17H13NO4S/c1-10-4-2-3-5-12(10)18-16(21)15(23-17(18)22)9-11-6-7-13(19)14(20)8-11/h2-9,19-20H,1H3/b15-9-. The zero-order chi connectivity index (χ0) is 16.6. The Morgan fingerprint density at radius 3 is 2.48 bits per heavy atom. The van der Waals surface area contributed by atoms with Gasteiger partial charge in [0.15, 0.2) is 11.5 Å². The molecule has 0 saturated carbocycles. The first-order valence-corrected chi connectivity index (χ1v) is 7.64. The summed E-state index contributed by atoms with van der Waals surface area (Å²) in [5, 5.41) is 18.5. The van der Waals surface area contributed by atoms with Crippen molar-refractivity contribution >= 4 is 34.7 Å². The molecule has 2 aromatic carbocycles. The van der Waals surface area contributed by atoms with Crippen LogP contribution in [0.5, 0.6) is 11.5 Å². The smallest absolute Gasteiger partial charge is 0.298 e. The van der Waals surface area contributed by atoms with Gasteiger partial charge in [0.1, 0.15) is 0 Å². The Bertz CT molecular complexity index is 844. The van der Waals surface area contributed by atoms with Gasteiger partial charge < -0.3 is 10.2 Å². The van der Waals surface area contributed by atoms with Crippen LogP contribution in [0.15, 0.2) is 47.4 Å². The first-order valence-electron chi connectivity index (χ1n) is 6.83. The number of hydrogen-bond acceptors (Lipinski definition) is 5. The molecule has 0 unspecified atom stereocenters. The zero-order valence-electron chi connectivity index (χ0n) is 12.2. The molecule has 0 bridgehead atoms. The lowest BCUT2D eigenvalue weighted by molar-refractivity contribution is -0.113. The van der Waals surface area contributed by atoms with Crippen LogP contribution in [-0.2, 0) is 4.79 Å². The number of hydrogen-bond donors (Lipinski definition) is 2. The highest BCUT2D eigenvalue weighted by atomic mass is 32.2. The molecular formula is C17H13NO4S. The molecular weight excluding hydrogens is 314 g/mol. The van der Waals surface area contributed by atoms with E-state index in [1.807, 2.05) is 19.1 Å². The number of phenols is 2. The lowest BCUT2D eigenvalue weighted by atomic mass is 10.1. The van der Waals surface area contributed by atoms with Crippen LogP contribution in [0.2, 0.25) is 0 Å². The summed E-state index contributed by atoms with van der Waals surface area (Å²) < 4.78 is 0. The normalized spacial score (nSPS) is 16.4. The maximum Gasteiger partial charge on any atom is 0.298 e. The van der Waals surface area contributed by atoms with E-state index in [1.165, 1.54) is 18.2 Å². The first-order chi connectivity index (χ1) is 11.0. The zero-order valence-corrected chi connectivity index (χ0v) is 13.0. The van der Waals surface area contributed by atoms with Crippen LogP contribution in [0.1, 0.15) is 11.1 Å². The molecule has 23 heavy (non-hydrogen) atoms. The SMILES string of the molecule is Cc1ccccc1N1C(=O)S/C(=C\c2ccc(O)c(O)c2)C1=O. The van der Waals surface area contributed by atoms with Crippen LogP contribution in [0.25, 0.3) is 6.08 Å². The summed E-state index contributed by atoms with van der Waals surface area (Å²) in [4.78, 5) is 26.1. The second-order valence-corrected chi connectivity index (χ2v) is 6.04. The summed E-state index contributed by atoms with van der Waals surface area (Å²) in [6.07, 6.45) is 1.52. The highest BCUT2D eigenvalue weighted by Crippen LogP contribution is 2.37. The molecule has 1 fully saturated rings. The van der Waals surface area contributed by atoms with Crippen LogP contribution in [0, 0.1) is 6.92 Å². The third-order valence-corrected chi connectivity index (χ3v) is 4.32. The van der Waals surface area contributed by atoms with Crippen molar-refractivity contribution in [3.05, 3.63) is 58.5 Å². The number of carbonyl (C=O) groups excluding carboxylic acids is 2. The summed E-state index contributed by atoms with van der Waals surface area (Å²) in [6.45, 7) is 1.83. The van der Waals surface area contributed by atoms with Crippen LogP contribution in [0.4, 0.5) is 10.5 Å². The van der Waals surface area contributed by atoms with E-state index in [4.69, 9.17) is 0 Å². The van der Waals surface area contributed by atoms with Gasteiger partial charge in [-0.1, -0.05) is 24.3 Å². The highest BCUT2D eigenvalue weighted by molar-refractivity contribution is 8.19.